The third-order valence-corrected chi connectivity index (χ3v) is 4.27. The summed E-state index contributed by atoms with van der Waals surface area (Å²) in [5.41, 5.74) is 0. The Labute approximate surface area is 115 Å². The van der Waals surface area contributed by atoms with E-state index >= 15 is 0 Å². The first-order valence-electron chi connectivity index (χ1n) is 7.27. The monoisotopic (exact) mass is 261 g/mol. The van der Waals surface area contributed by atoms with Gasteiger partial charge in [-0.05, 0) is 32.5 Å². The van der Waals surface area contributed by atoms with Crippen LogP contribution in [0.15, 0.2) is 18.5 Å². The van der Waals surface area contributed by atoms with Crippen LogP contribution in [0.25, 0.3) is 0 Å². The van der Waals surface area contributed by atoms with Crippen molar-refractivity contribution in [1.29, 1.82) is 0 Å². The number of nitrogens with zero attached hydrogens (tertiary/aromatic N) is 5. The lowest BCUT2D eigenvalue weighted by molar-refractivity contribution is 0.106. The minimum Gasteiger partial charge on any atom is -0.338 e. The van der Waals surface area contributed by atoms with Crippen molar-refractivity contribution in [2.45, 2.75) is 18.9 Å². The van der Waals surface area contributed by atoms with E-state index in [4.69, 9.17) is 0 Å². The van der Waals surface area contributed by atoms with Crippen LogP contribution >= 0.6 is 0 Å². The molecule has 3 heterocycles. The van der Waals surface area contributed by atoms with Gasteiger partial charge < -0.3 is 9.80 Å². The van der Waals surface area contributed by atoms with Gasteiger partial charge in [-0.15, -0.1) is 0 Å². The summed E-state index contributed by atoms with van der Waals surface area (Å²) < 4.78 is 0. The molecule has 0 aromatic carbocycles. The predicted octanol–water partition coefficient (Wildman–Crippen LogP) is 0.693. The second kappa shape index (κ2) is 5.84. The molecule has 19 heavy (non-hydrogen) atoms. The molecule has 0 bridgehead atoms. The minimum absolute atomic E-state index is 0.748. The highest BCUT2D eigenvalue weighted by Crippen LogP contribution is 2.18. The van der Waals surface area contributed by atoms with Crippen molar-refractivity contribution in [1.82, 2.24) is 19.8 Å². The number of anilines is 1. The molecule has 0 radical (unpaired) electrons. The molecule has 2 saturated heterocycles. The number of piperidine rings is 1. The van der Waals surface area contributed by atoms with Gasteiger partial charge in [-0.3, -0.25) is 4.90 Å². The maximum absolute atomic E-state index is 4.34. The zero-order valence-electron chi connectivity index (χ0n) is 11.7. The molecule has 1 aromatic rings. The third kappa shape index (κ3) is 3.04. The molecule has 5 heteroatoms. The molecule has 1 aromatic heterocycles. The summed E-state index contributed by atoms with van der Waals surface area (Å²) in [5.74, 6) is 0.878. The van der Waals surface area contributed by atoms with E-state index in [1.165, 1.54) is 25.9 Å². The number of likely N-dealkylation sites (N-methyl/N-ethyl adjacent to an activating group) is 1. The van der Waals surface area contributed by atoms with E-state index in [9.17, 15) is 0 Å². The summed E-state index contributed by atoms with van der Waals surface area (Å²) in [6.07, 6.45) is 6.34. The van der Waals surface area contributed by atoms with Crippen LogP contribution in [-0.4, -0.2) is 72.1 Å². The van der Waals surface area contributed by atoms with E-state index in [0.29, 0.717) is 0 Å². The number of hydrogen-bond acceptors (Lipinski definition) is 5. The highest BCUT2D eigenvalue weighted by atomic mass is 15.3. The number of hydrogen-bond donors (Lipinski definition) is 0. The van der Waals surface area contributed by atoms with Gasteiger partial charge in [0.1, 0.15) is 0 Å². The minimum atomic E-state index is 0.748. The van der Waals surface area contributed by atoms with E-state index in [1.54, 1.807) is 0 Å². The fourth-order valence-electron chi connectivity index (χ4n) is 3.18. The fourth-order valence-corrected chi connectivity index (χ4v) is 3.18. The highest BCUT2D eigenvalue weighted by Gasteiger charge is 2.27. The summed E-state index contributed by atoms with van der Waals surface area (Å²) in [6.45, 7) is 6.85. The quantitative estimate of drug-likeness (QED) is 0.783. The molecule has 0 N–H and O–H groups in total. The van der Waals surface area contributed by atoms with Crippen LogP contribution in [0.3, 0.4) is 0 Å². The zero-order valence-corrected chi connectivity index (χ0v) is 11.7. The average molecular weight is 261 g/mol. The predicted molar refractivity (Wildman–Crippen MR) is 76.3 cm³/mol. The molecule has 0 amide bonds. The van der Waals surface area contributed by atoms with E-state index in [2.05, 4.69) is 31.7 Å². The van der Waals surface area contributed by atoms with Gasteiger partial charge in [0.25, 0.3) is 0 Å². The van der Waals surface area contributed by atoms with Gasteiger partial charge >= 0.3 is 0 Å². The van der Waals surface area contributed by atoms with Crippen molar-refractivity contribution in [3.05, 3.63) is 18.5 Å². The molecule has 0 saturated carbocycles. The number of rotatable bonds is 2. The molecule has 1 unspecified atom stereocenters. The smallest absolute Gasteiger partial charge is 0.225 e. The van der Waals surface area contributed by atoms with E-state index in [0.717, 1.165) is 38.2 Å². The Hall–Kier alpha value is -1.20. The Kier molecular flexibility index (Phi) is 3.94. The van der Waals surface area contributed by atoms with Crippen LogP contribution in [0, 0.1) is 0 Å². The summed E-state index contributed by atoms with van der Waals surface area (Å²) in [6, 6.07) is 2.62. The average Bonchev–Trinajstić information content (AvgIpc) is 2.48. The van der Waals surface area contributed by atoms with E-state index in [-0.39, 0.29) is 0 Å². The molecule has 2 aliphatic heterocycles. The molecule has 2 aliphatic rings. The van der Waals surface area contributed by atoms with Crippen LogP contribution in [0.5, 0.6) is 0 Å². The number of piperazine rings is 1. The lowest BCUT2D eigenvalue weighted by Crippen LogP contribution is -2.54. The van der Waals surface area contributed by atoms with Crippen molar-refractivity contribution in [3.8, 4) is 0 Å². The Morgan fingerprint density at radius 3 is 2.47 bits per heavy atom. The second-order valence-corrected chi connectivity index (χ2v) is 5.63. The van der Waals surface area contributed by atoms with Gasteiger partial charge in [0.2, 0.25) is 5.95 Å². The summed E-state index contributed by atoms with van der Waals surface area (Å²) in [4.78, 5) is 16.1. The standard InChI is InChI=1S/C14H23N5/c1-17-7-2-4-13(12-17)18-8-10-19(11-9-18)14-15-5-3-6-16-14/h3,5-6,13H,2,4,7-12H2,1H3. The van der Waals surface area contributed by atoms with Crippen molar-refractivity contribution in [3.63, 3.8) is 0 Å². The van der Waals surface area contributed by atoms with Gasteiger partial charge in [-0.1, -0.05) is 0 Å². The fraction of sp³-hybridized carbons (Fsp3) is 0.714. The SMILES string of the molecule is CN1CCCC(N2CCN(c3ncccn3)CC2)C1. The van der Waals surface area contributed by atoms with Gasteiger partial charge in [-0.25, -0.2) is 9.97 Å². The first-order chi connectivity index (χ1) is 9.33. The van der Waals surface area contributed by atoms with Crippen molar-refractivity contribution < 1.29 is 0 Å². The topological polar surface area (TPSA) is 35.5 Å². The molecular weight excluding hydrogens is 238 g/mol. The Balaban J connectivity index is 1.54. The molecule has 104 valence electrons. The van der Waals surface area contributed by atoms with Crippen LogP contribution < -0.4 is 4.90 Å². The lowest BCUT2D eigenvalue weighted by Gasteiger charge is -2.42. The molecular formula is C14H23N5. The van der Waals surface area contributed by atoms with Crippen LogP contribution in [0.1, 0.15) is 12.8 Å². The van der Waals surface area contributed by atoms with Gasteiger partial charge in [0.05, 0.1) is 0 Å². The molecule has 3 rings (SSSR count). The summed E-state index contributed by atoms with van der Waals surface area (Å²) >= 11 is 0. The first-order valence-corrected chi connectivity index (χ1v) is 7.27. The molecule has 5 nitrogen and oxygen atoms in total. The Bertz CT molecular complexity index is 388. The second-order valence-electron chi connectivity index (χ2n) is 5.63. The van der Waals surface area contributed by atoms with Gasteiger partial charge in [0, 0.05) is 51.2 Å². The summed E-state index contributed by atoms with van der Waals surface area (Å²) in [5, 5.41) is 0. The molecule has 1 atom stereocenters. The van der Waals surface area contributed by atoms with Gasteiger partial charge in [-0.2, -0.15) is 0 Å². The molecule has 0 aliphatic carbocycles. The maximum Gasteiger partial charge on any atom is 0.225 e. The molecule has 0 spiro atoms. The first kappa shape index (κ1) is 12.8. The zero-order chi connectivity index (χ0) is 13.1. The summed E-state index contributed by atoms with van der Waals surface area (Å²) in [7, 11) is 2.24. The van der Waals surface area contributed by atoms with E-state index in [1.807, 2.05) is 18.5 Å². The van der Waals surface area contributed by atoms with Crippen molar-refractivity contribution >= 4 is 5.95 Å². The normalized spacial score (nSPS) is 26.6. The number of likely N-dealkylation sites (tertiary alicyclic amines) is 1. The largest absolute Gasteiger partial charge is 0.338 e. The maximum atomic E-state index is 4.34. The molecule has 2 fully saturated rings. The highest BCUT2D eigenvalue weighted by molar-refractivity contribution is 5.29. The Morgan fingerprint density at radius 2 is 1.79 bits per heavy atom. The van der Waals surface area contributed by atoms with Gasteiger partial charge in [0.15, 0.2) is 0 Å². The van der Waals surface area contributed by atoms with Crippen LogP contribution in [0.2, 0.25) is 0 Å². The van der Waals surface area contributed by atoms with Crippen LogP contribution in [0.4, 0.5) is 5.95 Å². The lowest BCUT2D eigenvalue weighted by atomic mass is 10.0. The van der Waals surface area contributed by atoms with E-state index < -0.39 is 0 Å². The van der Waals surface area contributed by atoms with Crippen molar-refractivity contribution in [2.75, 3.05) is 51.2 Å². The van der Waals surface area contributed by atoms with Crippen molar-refractivity contribution in [2.24, 2.45) is 0 Å². The van der Waals surface area contributed by atoms with Crippen LogP contribution in [-0.2, 0) is 0 Å². The Morgan fingerprint density at radius 1 is 1.05 bits per heavy atom. The third-order valence-electron chi connectivity index (χ3n) is 4.27. The number of aromatic nitrogens is 2.